The van der Waals surface area contributed by atoms with Crippen molar-refractivity contribution in [1.29, 1.82) is 0 Å². The second-order valence-electron chi connectivity index (χ2n) is 10.4. The number of imidazole rings is 1. The molecule has 2 N–H and O–H groups in total. The summed E-state index contributed by atoms with van der Waals surface area (Å²) in [4.78, 5) is 43.4. The molecule has 2 aliphatic rings. The number of carbonyl (C=O) groups is 2. The fourth-order valence-electron chi connectivity index (χ4n) is 5.47. The van der Waals surface area contributed by atoms with Crippen LogP contribution in [0.25, 0.3) is 16.8 Å². The first-order chi connectivity index (χ1) is 20.0. The second kappa shape index (κ2) is 13.0. The Balaban J connectivity index is 1.47. The number of hydrogen-bond acceptors (Lipinski definition) is 7. The minimum atomic E-state index is -0.412. The molecule has 1 aliphatic heterocycles. The molecule has 2 fully saturated rings. The van der Waals surface area contributed by atoms with Gasteiger partial charge in [-0.3, -0.25) is 19.0 Å². The van der Waals surface area contributed by atoms with E-state index in [9.17, 15) is 9.59 Å². The minimum Gasteiger partial charge on any atom is -0.371 e. The van der Waals surface area contributed by atoms with Crippen molar-refractivity contribution < 1.29 is 14.3 Å². The zero-order valence-corrected chi connectivity index (χ0v) is 23.8. The fraction of sp³-hybridized carbons (Fsp3) is 0.419. The van der Waals surface area contributed by atoms with Gasteiger partial charge < -0.3 is 15.4 Å². The summed E-state index contributed by atoms with van der Waals surface area (Å²) in [5.41, 5.74) is 3.05. The smallest absolute Gasteiger partial charge is 0.274 e. The molecule has 2 amide bonds. The van der Waals surface area contributed by atoms with Gasteiger partial charge in [0.2, 0.25) is 0 Å². The van der Waals surface area contributed by atoms with Crippen molar-refractivity contribution in [3.8, 4) is 11.3 Å². The summed E-state index contributed by atoms with van der Waals surface area (Å²) in [6, 6.07) is 7.40. The number of fused-ring (bicyclic) bond motifs is 1. The quantitative estimate of drug-likeness (QED) is 0.288. The van der Waals surface area contributed by atoms with Crippen LogP contribution in [0, 0.1) is 5.92 Å². The van der Waals surface area contributed by atoms with E-state index in [0.717, 1.165) is 48.3 Å². The number of aliphatic imine (C=N–C) groups is 2. The predicted molar refractivity (Wildman–Crippen MR) is 161 cm³/mol. The van der Waals surface area contributed by atoms with E-state index in [2.05, 4.69) is 30.0 Å². The lowest BCUT2D eigenvalue weighted by atomic mass is 9.74. The standard InChI is InChI=1S/C31H37N7O3/c1-4-7-25(32-2)36-30(39)22-13-11-21(12-14-22)26-27-28(33-3)34-17-18-38(27)29(37-26)23(20-8-5-9-20)15-16-35-31(40)24-10-6-19-41-24/h4,7,11-14,16-18,20,23-24H,5-6,8-10,15,19H2,1-3H3,(H,33,34)(H,32,36,39)/b7-4-,35-16?. The molecule has 1 aromatic carbocycles. The topological polar surface area (TPSA) is 122 Å². The number of nitrogens with one attached hydrogen (secondary N) is 2. The number of nitrogens with zero attached hydrogens (tertiary/aromatic N) is 5. The van der Waals surface area contributed by atoms with Crippen LogP contribution in [-0.4, -0.2) is 65.0 Å². The average molecular weight is 556 g/mol. The van der Waals surface area contributed by atoms with Crippen LogP contribution in [0.3, 0.4) is 0 Å². The summed E-state index contributed by atoms with van der Waals surface area (Å²) >= 11 is 0. The van der Waals surface area contributed by atoms with Gasteiger partial charge in [-0.2, -0.15) is 0 Å². The zero-order valence-electron chi connectivity index (χ0n) is 23.8. The zero-order chi connectivity index (χ0) is 28.8. The Hall–Kier alpha value is -4.18. The van der Waals surface area contributed by atoms with Crippen molar-refractivity contribution in [2.75, 3.05) is 26.0 Å². The largest absolute Gasteiger partial charge is 0.371 e. The van der Waals surface area contributed by atoms with Gasteiger partial charge in [-0.05, 0) is 63.2 Å². The third-order valence-electron chi connectivity index (χ3n) is 7.88. The molecule has 214 valence electrons. The molecule has 5 rings (SSSR count). The van der Waals surface area contributed by atoms with Crippen molar-refractivity contribution in [2.45, 2.75) is 57.5 Å². The summed E-state index contributed by atoms with van der Waals surface area (Å²) < 4.78 is 7.61. The third-order valence-corrected chi connectivity index (χ3v) is 7.88. The van der Waals surface area contributed by atoms with E-state index in [1.54, 1.807) is 37.7 Å². The maximum absolute atomic E-state index is 12.8. The molecule has 2 atom stereocenters. The fourth-order valence-corrected chi connectivity index (χ4v) is 5.47. The van der Waals surface area contributed by atoms with Gasteiger partial charge in [0.1, 0.15) is 29.0 Å². The molecule has 0 bridgehead atoms. The number of carbonyl (C=O) groups excluding carboxylic acids is 2. The molecule has 3 heterocycles. The molecule has 2 unspecified atom stereocenters. The average Bonchev–Trinajstić information content (AvgIpc) is 3.64. The highest BCUT2D eigenvalue weighted by atomic mass is 16.5. The second-order valence-corrected chi connectivity index (χ2v) is 10.4. The van der Waals surface area contributed by atoms with Gasteiger partial charge >= 0.3 is 0 Å². The highest BCUT2D eigenvalue weighted by Gasteiger charge is 2.32. The minimum absolute atomic E-state index is 0.0987. The van der Waals surface area contributed by atoms with E-state index in [0.29, 0.717) is 36.2 Å². The summed E-state index contributed by atoms with van der Waals surface area (Å²) in [6.07, 6.45) is 14.3. The number of amidine groups is 1. The maximum Gasteiger partial charge on any atom is 0.274 e. The van der Waals surface area contributed by atoms with Crippen molar-refractivity contribution in [2.24, 2.45) is 15.9 Å². The first-order valence-corrected chi connectivity index (χ1v) is 14.3. The van der Waals surface area contributed by atoms with Crippen LogP contribution in [0.5, 0.6) is 0 Å². The van der Waals surface area contributed by atoms with Crippen LogP contribution < -0.4 is 10.6 Å². The molecular weight excluding hydrogens is 518 g/mol. The van der Waals surface area contributed by atoms with Crippen molar-refractivity contribution in [3.63, 3.8) is 0 Å². The van der Waals surface area contributed by atoms with E-state index in [1.807, 2.05) is 38.4 Å². The number of amides is 2. The van der Waals surface area contributed by atoms with Gasteiger partial charge in [0.05, 0.1) is 0 Å². The predicted octanol–water partition coefficient (Wildman–Crippen LogP) is 4.82. The van der Waals surface area contributed by atoms with Crippen LogP contribution in [-0.2, 0) is 9.53 Å². The van der Waals surface area contributed by atoms with Gasteiger partial charge in [0.15, 0.2) is 5.82 Å². The number of anilines is 1. The highest BCUT2D eigenvalue weighted by Crippen LogP contribution is 2.42. The molecule has 1 aliphatic carbocycles. The summed E-state index contributed by atoms with van der Waals surface area (Å²) in [7, 11) is 3.48. The lowest BCUT2D eigenvalue weighted by molar-refractivity contribution is -0.126. The number of aromatic nitrogens is 3. The summed E-state index contributed by atoms with van der Waals surface area (Å²) in [6.45, 7) is 2.49. The Labute approximate surface area is 240 Å². The van der Waals surface area contributed by atoms with Gasteiger partial charge in [-0.25, -0.2) is 15.0 Å². The SMILES string of the molecule is C/C=C\C(=NC)NC(=O)c1ccc(-c2nc(C(CC=NC(=O)C3CCCO3)C3CCC3)n3ccnc(NC)c23)cc1. The Kier molecular flexibility index (Phi) is 8.98. The van der Waals surface area contributed by atoms with Gasteiger partial charge in [0, 0.05) is 56.4 Å². The summed E-state index contributed by atoms with van der Waals surface area (Å²) in [5, 5.41) is 6.03. The Morgan fingerprint density at radius 2 is 2.00 bits per heavy atom. The molecule has 41 heavy (non-hydrogen) atoms. The normalized spacial score (nSPS) is 18.7. The van der Waals surface area contributed by atoms with Crippen LogP contribution in [0.15, 0.2) is 58.8 Å². The van der Waals surface area contributed by atoms with Gasteiger partial charge in [-0.1, -0.05) is 24.6 Å². The first kappa shape index (κ1) is 28.4. The van der Waals surface area contributed by atoms with Crippen LogP contribution in [0.4, 0.5) is 5.82 Å². The first-order valence-electron chi connectivity index (χ1n) is 14.3. The van der Waals surface area contributed by atoms with Crippen molar-refractivity contribution in [3.05, 3.63) is 60.2 Å². The number of benzene rings is 1. The van der Waals surface area contributed by atoms with E-state index >= 15 is 0 Å². The molecule has 10 nitrogen and oxygen atoms in total. The van der Waals surface area contributed by atoms with Crippen molar-refractivity contribution >= 4 is 35.2 Å². The molecule has 1 saturated carbocycles. The monoisotopic (exact) mass is 555 g/mol. The molecule has 10 heteroatoms. The number of ether oxygens (including phenoxy) is 1. The molecule has 0 radical (unpaired) electrons. The number of rotatable bonds is 9. The molecule has 2 aromatic heterocycles. The Morgan fingerprint density at radius 1 is 1.20 bits per heavy atom. The van der Waals surface area contributed by atoms with Crippen LogP contribution in [0.2, 0.25) is 0 Å². The van der Waals surface area contributed by atoms with Crippen LogP contribution in [0.1, 0.15) is 67.5 Å². The molecule has 1 saturated heterocycles. The number of hydrogen-bond donors (Lipinski definition) is 2. The lowest BCUT2D eigenvalue weighted by Crippen LogP contribution is -2.29. The van der Waals surface area contributed by atoms with E-state index in [-0.39, 0.29) is 17.7 Å². The van der Waals surface area contributed by atoms with Crippen LogP contribution >= 0.6 is 0 Å². The van der Waals surface area contributed by atoms with E-state index < -0.39 is 6.10 Å². The third kappa shape index (κ3) is 6.12. The van der Waals surface area contributed by atoms with E-state index in [4.69, 9.17) is 9.72 Å². The van der Waals surface area contributed by atoms with Gasteiger partial charge in [-0.15, -0.1) is 0 Å². The number of allylic oxidation sites excluding steroid dienone is 1. The lowest BCUT2D eigenvalue weighted by Gasteiger charge is -2.32. The molecule has 3 aromatic rings. The van der Waals surface area contributed by atoms with Gasteiger partial charge in [0.25, 0.3) is 11.8 Å². The Morgan fingerprint density at radius 3 is 2.63 bits per heavy atom. The highest BCUT2D eigenvalue weighted by molar-refractivity contribution is 6.10. The molecule has 0 spiro atoms. The van der Waals surface area contributed by atoms with Crippen molar-refractivity contribution in [1.82, 2.24) is 19.7 Å². The molecular formula is C31H37N7O3. The van der Waals surface area contributed by atoms with E-state index in [1.165, 1.54) is 6.42 Å². The Bertz CT molecular complexity index is 1480. The summed E-state index contributed by atoms with van der Waals surface area (Å²) in [5.74, 6) is 2.27. The maximum atomic E-state index is 12.8.